The zero-order valence-electron chi connectivity index (χ0n) is 27.3. The zero-order valence-corrected chi connectivity index (χ0v) is 27.3. The standard InChI is InChI=1S/C37H44N6O5/c1-28-35(39-26-44)34(29-13-15-32(16-14-29)43(46)47)36(33(40-28)25-48-24-19-38)42(27-45)21-8-20-41-22-17-37(18-23-41,30-9-4-2-5-10-30)31-11-6-3-7-12-31/h2-7,9-16,26-27,34,40H,8,17-25,38H2,1H3,(H,39,44). The van der Waals surface area contributed by atoms with Gasteiger partial charge in [-0.3, -0.25) is 19.7 Å². The SMILES string of the molecule is CC1=C(NC=O)C(c2ccc([N+](=O)[O-])cc2)C(N(C=O)CCCN2CCC(c3ccccc3)(c3ccccc3)CC2)=C(COCCN)N1. The summed E-state index contributed by atoms with van der Waals surface area (Å²) in [5.74, 6) is -0.578. The quantitative estimate of drug-likeness (QED) is 0.0896. The largest absolute Gasteiger partial charge is 0.374 e. The van der Waals surface area contributed by atoms with Gasteiger partial charge in [-0.25, -0.2) is 0 Å². The van der Waals surface area contributed by atoms with E-state index in [4.69, 9.17) is 10.5 Å². The first-order valence-corrected chi connectivity index (χ1v) is 16.4. The number of nitrogens with one attached hydrogen (secondary N) is 2. The van der Waals surface area contributed by atoms with Crippen LogP contribution in [0.2, 0.25) is 0 Å². The van der Waals surface area contributed by atoms with Crippen molar-refractivity contribution in [1.29, 1.82) is 0 Å². The van der Waals surface area contributed by atoms with Gasteiger partial charge in [-0.1, -0.05) is 72.8 Å². The Kier molecular flexibility index (Phi) is 11.7. The maximum atomic E-state index is 12.8. The second-order valence-electron chi connectivity index (χ2n) is 12.2. The van der Waals surface area contributed by atoms with Crippen LogP contribution < -0.4 is 16.4 Å². The van der Waals surface area contributed by atoms with Crippen LogP contribution in [0.25, 0.3) is 0 Å². The summed E-state index contributed by atoms with van der Waals surface area (Å²) in [6.45, 7) is 5.74. The molecular formula is C37H44N6O5. The molecule has 252 valence electrons. The van der Waals surface area contributed by atoms with Gasteiger partial charge in [-0.05, 0) is 62.5 Å². The van der Waals surface area contributed by atoms with E-state index in [9.17, 15) is 19.7 Å². The number of nitrogens with zero attached hydrogens (tertiary/aromatic N) is 3. The number of carbonyl (C=O) groups is 2. The van der Waals surface area contributed by atoms with E-state index >= 15 is 0 Å². The van der Waals surface area contributed by atoms with Gasteiger partial charge in [-0.2, -0.15) is 0 Å². The highest BCUT2D eigenvalue weighted by atomic mass is 16.6. The summed E-state index contributed by atoms with van der Waals surface area (Å²) in [6.07, 6.45) is 4.10. The molecule has 0 radical (unpaired) electrons. The lowest BCUT2D eigenvalue weighted by Crippen LogP contribution is -2.44. The summed E-state index contributed by atoms with van der Waals surface area (Å²) in [5, 5.41) is 17.5. The van der Waals surface area contributed by atoms with Crippen molar-refractivity contribution in [2.24, 2.45) is 5.73 Å². The summed E-state index contributed by atoms with van der Waals surface area (Å²) < 4.78 is 5.82. The van der Waals surface area contributed by atoms with Crippen LogP contribution in [0.1, 0.15) is 48.8 Å². The number of hydrogen-bond acceptors (Lipinski definition) is 8. The summed E-state index contributed by atoms with van der Waals surface area (Å²) in [7, 11) is 0. The second-order valence-corrected chi connectivity index (χ2v) is 12.2. The van der Waals surface area contributed by atoms with E-state index in [0.29, 0.717) is 54.5 Å². The molecule has 3 aromatic rings. The van der Waals surface area contributed by atoms with Crippen molar-refractivity contribution >= 4 is 18.5 Å². The van der Waals surface area contributed by atoms with Gasteiger partial charge in [0.15, 0.2) is 0 Å². The number of ether oxygens (including phenoxy) is 1. The Morgan fingerprint density at radius 2 is 1.65 bits per heavy atom. The Hall–Kier alpha value is -4.84. The molecule has 1 atom stereocenters. The first-order valence-electron chi connectivity index (χ1n) is 16.4. The smallest absolute Gasteiger partial charge is 0.269 e. The molecular weight excluding hydrogens is 608 g/mol. The average Bonchev–Trinajstić information content (AvgIpc) is 3.12. The Labute approximate surface area is 281 Å². The minimum absolute atomic E-state index is 0.0466. The van der Waals surface area contributed by atoms with Crippen LogP contribution in [-0.2, 0) is 19.7 Å². The van der Waals surface area contributed by atoms with Crippen LogP contribution >= 0.6 is 0 Å². The predicted octanol–water partition coefficient (Wildman–Crippen LogP) is 4.38. The molecule has 0 aliphatic carbocycles. The number of piperidine rings is 1. The van der Waals surface area contributed by atoms with E-state index in [1.54, 1.807) is 17.0 Å². The summed E-state index contributed by atoms with van der Waals surface area (Å²) >= 11 is 0. The number of non-ortho nitro benzene ring substituents is 1. The lowest BCUT2D eigenvalue weighted by Gasteiger charge is -2.43. The monoisotopic (exact) mass is 652 g/mol. The first-order chi connectivity index (χ1) is 23.4. The zero-order chi connectivity index (χ0) is 33.9. The molecule has 11 heteroatoms. The molecule has 5 rings (SSSR count). The van der Waals surface area contributed by atoms with Crippen LogP contribution in [0, 0.1) is 10.1 Å². The highest BCUT2D eigenvalue weighted by molar-refractivity contribution is 5.60. The third-order valence-electron chi connectivity index (χ3n) is 9.45. The highest BCUT2D eigenvalue weighted by Crippen LogP contribution is 2.42. The third-order valence-corrected chi connectivity index (χ3v) is 9.45. The predicted molar refractivity (Wildman–Crippen MR) is 184 cm³/mol. The fraction of sp³-hybridized carbons (Fsp3) is 0.351. The number of dihydropyridines is 1. The van der Waals surface area contributed by atoms with Gasteiger partial charge in [-0.15, -0.1) is 0 Å². The average molecular weight is 653 g/mol. The number of allylic oxidation sites excluding steroid dienone is 1. The van der Waals surface area contributed by atoms with E-state index in [1.165, 1.54) is 23.3 Å². The first kappa shape index (κ1) is 34.5. The molecule has 2 aliphatic rings. The summed E-state index contributed by atoms with van der Waals surface area (Å²) in [6, 6.07) is 27.7. The third kappa shape index (κ3) is 7.65. The molecule has 2 heterocycles. The molecule has 1 saturated heterocycles. The van der Waals surface area contributed by atoms with E-state index in [0.717, 1.165) is 45.3 Å². The molecule has 2 amide bonds. The fourth-order valence-electron chi connectivity index (χ4n) is 7.07. The molecule has 3 aromatic carbocycles. The minimum Gasteiger partial charge on any atom is -0.374 e. The van der Waals surface area contributed by atoms with Gasteiger partial charge in [0.2, 0.25) is 12.8 Å². The van der Waals surface area contributed by atoms with Gasteiger partial charge >= 0.3 is 0 Å². The van der Waals surface area contributed by atoms with Crippen molar-refractivity contribution in [3.8, 4) is 0 Å². The number of carbonyl (C=O) groups excluding carboxylic acids is 2. The molecule has 2 aliphatic heterocycles. The van der Waals surface area contributed by atoms with E-state index in [2.05, 4.69) is 76.2 Å². The molecule has 4 N–H and O–H groups in total. The van der Waals surface area contributed by atoms with Crippen molar-refractivity contribution in [2.45, 2.75) is 37.5 Å². The van der Waals surface area contributed by atoms with Gasteiger partial charge in [0.1, 0.15) is 0 Å². The molecule has 0 spiro atoms. The number of nitro groups is 1. The second kappa shape index (κ2) is 16.3. The van der Waals surface area contributed by atoms with Crippen molar-refractivity contribution in [1.82, 2.24) is 20.4 Å². The Bertz CT molecular complexity index is 1560. The lowest BCUT2D eigenvalue weighted by molar-refractivity contribution is -0.384. The summed E-state index contributed by atoms with van der Waals surface area (Å²) in [5.41, 5.74) is 11.5. The number of nitrogens with two attached hydrogens (primary N) is 1. The van der Waals surface area contributed by atoms with Crippen LogP contribution in [0.15, 0.2) is 108 Å². The molecule has 0 aromatic heterocycles. The minimum atomic E-state index is -0.578. The van der Waals surface area contributed by atoms with Gasteiger partial charge < -0.3 is 30.9 Å². The Balaban J connectivity index is 1.36. The van der Waals surface area contributed by atoms with Crippen LogP contribution in [0.5, 0.6) is 0 Å². The summed E-state index contributed by atoms with van der Waals surface area (Å²) in [4.78, 5) is 39.6. The van der Waals surface area contributed by atoms with Crippen molar-refractivity contribution in [3.63, 3.8) is 0 Å². The van der Waals surface area contributed by atoms with Gasteiger partial charge in [0.25, 0.3) is 5.69 Å². The van der Waals surface area contributed by atoms with Crippen molar-refractivity contribution < 1.29 is 19.2 Å². The maximum absolute atomic E-state index is 12.8. The fourth-order valence-corrected chi connectivity index (χ4v) is 7.07. The number of nitro benzene ring substituents is 1. The Morgan fingerprint density at radius 3 is 2.19 bits per heavy atom. The molecule has 1 unspecified atom stereocenters. The molecule has 48 heavy (non-hydrogen) atoms. The number of amides is 2. The van der Waals surface area contributed by atoms with Gasteiger partial charge in [0, 0.05) is 36.3 Å². The highest BCUT2D eigenvalue weighted by Gasteiger charge is 2.38. The van der Waals surface area contributed by atoms with Crippen molar-refractivity contribution in [3.05, 3.63) is 135 Å². The number of likely N-dealkylation sites (tertiary alicyclic amines) is 1. The Morgan fingerprint density at radius 1 is 1.02 bits per heavy atom. The molecule has 0 saturated carbocycles. The topological polar surface area (TPSA) is 143 Å². The van der Waals surface area contributed by atoms with Gasteiger partial charge in [0.05, 0.1) is 41.1 Å². The number of benzene rings is 3. The van der Waals surface area contributed by atoms with Crippen LogP contribution in [-0.4, -0.2) is 73.5 Å². The normalized spacial score (nSPS) is 17.8. The molecule has 11 nitrogen and oxygen atoms in total. The van der Waals surface area contributed by atoms with Crippen LogP contribution in [0.3, 0.4) is 0 Å². The molecule has 0 bridgehead atoms. The maximum Gasteiger partial charge on any atom is 0.269 e. The number of hydrogen-bond donors (Lipinski definition) is 3. The van der Waals surface area contributed by atoms with Crippen LogP contribution in [0.4, 0.5) is 5.69 Å². The lowest BCUT2D eigenvalue weighted by atomic mass is 9.68. The van der Waals surface area contributed by atoms with E-state index in [1.807, 2.05) is 6.92 Å². The molecule has 1 fully saturated rings. The van der Waals surface area contributed by atoms with Crippen molar-refractivity contribution in [2.75, 3.05) is 45.9 Å². The van der Waals surface area contributed by atoms with E-state index < -0.39 is 10.8 Å². The van der Waals surface area contributed by atoms with E-state index in [-0.39, 0.29) is 17.7 Å². The number of rotatable bonds is 16.